The van der Waals surface area contributed by atoms with Gasteiger partial charge in [0.05, 0.1) is 12.3 Å². The second-order valence-corrected chi connectivity index (χ2v) is 5.03. The first kappa shape index (κ1) is 15.7. The highest BCUT2D eigenvalue weighted by Crippen LogP contribution is 2.22. The number of furan rings is 1. The van der Waals surface area contributed by atoms with Gasteiger partial charge in [-0.1, -0.05) is 11.8 Å². The van der Waals surface area contributed by atoms with Gasteiger partial charge in [-0.2, -0.15) is 8.78 Å². The van der Waals surface area contributed by atoms with Crippen LogP contribution in [0.15, 0.2) is 28.7 Å². The van der Waals surface area contributed by atoms with E-state index in [1.54, 1.807) is 6.07 Å². The lowest BCUT2D eigenvalue weighted by Crippen LogP contribution is -2.01. The van der Waals surface area contributed by atoms with E-state index in [2.05, 4.69) is 5.32 Å². The summed E-state index contributed by atoms with van der Waals surface area (Å²) in [5, 5.41) is 2.65. The Bertz CT molecular complexity index is 593. The van der Waals surface area contributed by atoms with Crippen LogP contribution in [0, 0.1) is 17.5 Å². The SMILES string of the molecule is Fc1cc(NCc2ccc(CSC(F)F)o2)cc(F)c1F. The van der Waals surface area contributed by atoms with E-state index in [-0.39, 0.29) is 18.0 Å². The lowest BCUT2D eigenvalue weighted by Gasteiger charge is -2.05. The summed E-state index contributed by atoms with van der Waals surface area (Å²) in [6.07, 6.45) is 0. The van der Waals surface area contributed by atoms with Crippen LogP contribution in [-0.4, -0.2) is 5.76 Å². The van der Waals surface area contributed by atoms with Crippen LogP contribution in [0.5, 0.6) is 0 Å². The zero-order chi connectivity index (χ0) is 15.4. The maximum absolute atomic E-state index is 13.0. The summed E-state index contributed by atoms with van der Waals surface area (Å²) < 4.78 is 68.0. The maximum atomic E-state index is 13.0. The number of alkyl halides is 2. The molecule has 0 fully saturated rings. The van der Waals surface area contributed by atoms with E-state index in [1.807, 2.05) is 0 Å². The molecule has 0 radical (unpaired) electrons. The molecule has 0 aliphatic rings. The molecule has 0 aliphatic heterocycles. The van der Waals surface area contributed by atoms with Crippen LogP contribution < -0.4 is 5.32 Å². The molecule has 0 saturated heterocycles. The molecule has 1 N–H and O–H groups in total. The molecule has 2 nitrogen and oxygen atoms in total. The van der Waals surface area contributed by atoms with E-state index in [1.165, 1.54) is 6.07 Å². The molecule has 1 heterocycles. The molecule has 0 saturated carbocycles. The summed E-state index contributed by atoms with van der Waals surface area (Å²) in [5.74, 6) is -5.82. The number of hydrogen-bond donors (Lipinski definition) is 1. The van der Waals surface area contributed by atoms with E-state index >= 15 is 0 Å². The molecule has 2 aromatic rings. The second kappa shape index (κ2) is 6.84. The minimum atomic E-state index is -2.48. The fourth-order valence-corrected chi connectivity index (χ4v) is 2.03. The number of halogens is 5. The third-order valence-corrected chi connectivity index (χ3v) is 3.22. The first-order valence-electron chi connectivity index (χ1n) is 5.81. The Morgan fingerprint density at radius 2 is 1.67 bits per heavy atom. The Kier molecular flexibility index (Phi) is 5.11. The maximum Gasteiger partial charge on any atom is 0.284 e. The summed E-state index contributed by atoms with van der Waals surface area (Å²) in [6, 6.07) is 4.73. The topological polar surface area (TPSA) is 25.2 Å². The molecule has 114 valence electrons. The molecule has 8 heteroatoms. The highest BCUT2D eigenvalue weighted by molar-refractivity contribution is 7.98. The second-order valence-electron chi connectivity index (χ2n) is 4.05. The molecule has 2 rings (SSSR count). The largest absolute Gasteiger partial charge is 0.463 e. The lowest BCUT2D eigenvalue weighted by molar-refractivity contribution is 0.251. The molecular weight excluding hydrogens is 313 g/mol. The lowest BCUT2D eigenvalue weighted by atomic mass is 10.3. The fourth-order valence-electron chi connectivity index (χ4n) is 1.59. The Labute approximate surface area is 121 Å². The van der Waals surface area contributed by atoms with Crippen LogP contribution in [0.2, 0.25) is 0 Å². The summed E-state index contributed by atoms with van der Waals surface area (Å²) in [5.41, 5.74) is 0.0475. The van der Waals surface area contributed by atoms with Gasteiger partial charge in [0.2, 0.25) is 0 Å². The van der Waals surface area contributed by atoms with Gasteiger partial charge in [-0.15, -0.1) is 0 Å². The van der Waals surface area contributed by atoms with Gasteiger partial charge in [0.25, 0.3) is 5.76 Å². The van der Waals surface area contributed by atoms with Crippen molar-refractivity contribution in [3.8, 4) is 0 Å². The van der Waals surface area contributed by atoms with Gasteiger partial charge in [-0.25, -0.2) is 13.2 Å². The van der Waals surface area contributed by atoms with E-state index in [9.17, 15) is 22.0 Å². The fraction of sp³-hybridized carbons (Fsp3) is 0.231. The van der Waals surface area contributed by atoms with Gasteiger partial charge >= 0.3 is 0 Å². The van der Waals surface area contributed by atoms with E-state index < -0.39 is 23.2 Å². The number of benzene rings is 1. The van der Waals surface area contributed by atoms with Crippen molar-refractivity contribution in [2.75, 3.05) is 5.32 Å². The van der Waals surface area contributed by atoms with Crippen molar-refractivity contribution in [3.05, 3.63) is 53.2 Å². The van der Waals surface area contributed by atoms with Gasteiger partial charge in [0.1, 0.15) is 11.5 Å². The molecule has 0 amide bonds. The summed E-state index contributed by atoms with van der Waals surface area (Å²) in [4.78, 5) is 0. The third kappa shape index (κ3) is 4.38. The summed E-state index contributed by atoms with van der Waals surface area (Å²) in [6.45, 7) is 0.0872. The predicted molar refractivity (Wildman–Crippen MR) is 69.6 cm³/mol. The first-order chi connectivity index (χ1) is 9.95. The van der Waals surface area contributed by atoms with Crippen molar-refractivity contribution < 1.29 is 26.4 Å². The summed E-state index contributed by atoms with van der Waals surface area (Å²) in [7, 11) is 0. The first-order valence-corrected chi connectivity index (χ1v) is 6.86. The third-order valence-electron chi connectivity index (χ3n) is 2.52. The van der Waals surface area contributed by atoms with Crippen molar-refractivity contribution in [1.29, 1.82) is 0 Å². The minimum absolute atomic E-state index is 0.0253. The van der Waals surface area contributed by atoms with Crippen molar-refractivity contribution in [2.45, 2.75) is 18.1 Å². The van der Waals surface area contributed by atoms with Crippen LogP contribution in [0.4, 0.5) is 27.6 Å². The standard InChI is InChI=1S/C13H10F5NOS/c14-10-3-7(4-11(15)12(10)16)19-5-8-1-2-9(20-8)6-21-13(17)18/h1-4,13,19H,5-6H2. The average molecular weight is 323 g/mol. The Balaban J connectivity index is 1.94. The monoisotopic (exact) mass is 323 g/mol. The number of nitrogens with one attached hydrogen (secondary N) is 1. The molecule has 0 atom stereocenters. The average Bonchev–Trinajstić information content (AvgIpc) is 2.88. The van der Waals surface area contributed by atoms with Gasteiger partial charge in [0, 0.05) is 17.8 Å². The molecule has 1 aromatic carbocycles. The summed E-state index contributed by atoms with van der Waals surface area (Å²) >= 11 is 0.429. The zero-order valence-electron chi connectivity index (χ0n) is 10.5. The van der Waals surface area contributed by atoms with E-state index in [0.717, 1.165) is 12.1 Å². The van der Waals surface area contributed by atoms with Crippen molar-refractivity contribution in [2.24, 2.45) is 0 Å². The number of anilines is 1. The predicted octanol–water partition coefficient (Wildman–Crippen LogP) is 4.76. The van der Waals surface area contributed by atoms with Crippen LogP contribution >= 0.6 is 11.8 Å². The Morgan fingerprint density at radius 1 is 1.05 bits per heavy atom. The Hall–Kier alpha value is -1.70. The van der Waals surface area contributed by atoms with Gasteiger partial charge < -0.3 is 9.73 Å². The van der Waals surface area contributed by atoms with Crippen molar-refractivity contribution >= 4 is 17.4 Å². The van der Waals surface area contributed by atoms with Gasteiger partial charge in [0.15, 0.2) is 17.5 Å². The zero-order valence-corrected chi connectivity index (χ0v) is 11.3. The smallest absolute Gasteiger partial charge is 0.284 e. The van der Waals surface area contributed by atoms with Crippen molar-refractivity contribution in [3.63, 3.8) is 0 Å². The quantitative estimate of drug-likeness (QED) is 0.613. The molecule has 0 unspecified atom stereocenters. The van der Waals surface area contributed by atoms with Crippen LogP contribution in [-0.2, 0) is 12.3 Å². The van der Waals surface area contributed by atoms with Crippen molar-refractivity contribution in [1.82, 2.24) is 0 Å². The molecule has 0 aliphatic carbocycles. The highest BCUT2D eigenvalue weighted by Gasteiger charge is 2.11. The van der Waals surface area contributed by atoms with Gasteiger partial charge in [-0.3, -0.25) is 0 Å². The van der Waals surface area contributed by atoms with Crippen LogP contribution in [0.25, 0.3) is 0 Å². The molecule has 0 bridgehead atoms. The Morgan fingerprint density at radius 3 is 2.29 bits per heavy atom. The van der Waals surface area contributed by atoms with E-state index in [4.69, 9.17) is 4.42 Å². The van der Waals surface area contributed by atoms with E-state index in [0.29, 0.717) is 23.3 Å². The molecule has 0 spiro atoms. The number of thioether (sulfide) groups is 1. The molecular formula is C13H10F5NOS. The normalized spacial score (nSPS) is 11.1. The molecule has 1 aromatic heterocycles. The number of rotatable bonds is 6. The molecule has 21 heavy (non-hydrogen) atoms. The highest BCUT2D eigenvalue weighted by atomic mass is 32.2. The number of hydrogen-bond acceptors (Lipinski definition) is 3. The minimum Gasteiger partial charge on any atom is -0.463 e. The van der Waals surface area contributed by atoms with Crippen LogP contribution in [0.1, 0.15) is 11.5 Å². The van der Waals surface area contributed by atoms with Gasteiger partial charge in [-0.05, 0) is 12.1 Å². The van der Waals surface area contributed by atoms with Crippen LogP contribution in [0.3, 0.4) is 0 Å².